The smallest absolute Gasteiger partial charge is 0.191 e. The summed E-state index contributed by atoms with van der Waals surface area (Å²) in [5.74, 6) is 1.20. The van der Waals surface area contributed by atoms with E-state index in [9.17, 15) is 4.39 Å². The summed E-state index contributed by atoms with van der Waals surface area (Å²) < 4.78 is 13.6. The first-order valence-electron chi connectivity index (χ1n) is 10.9. The third kappa shape index (κ3) is 8.30. The average Bonchev–Trinajstić information content (AvgIpc) is 2.67. The Hall–Kier alpha value is -0.930. The van der Waals surface area contributed by atoms with Crippen molar-refractivity contribution >= 4 is 29.9 Å². The normalized spacial score (nSPS) is 17.5. The fraction of sp³-hybridized carbons (Fsp3) is 0.696. The van der Waals surface area contributed by atoms with Crippen LogP contribution in [0.5, 0.6) is 0 Å². The highest BCUT2D eigenvalue weighted by atomic mass is 127. The van der Waals surface area contributed by atoms with Crippen LogP contribution in [0.4, 0.5) is 4.39 Å². The largest absolute Gasteiger partial charge is 0.357 e. The molecule has 1 atom stereocenters. The molecule has 0 aliphatic carbocycles. The number of nitrogens with one attached hydrogen (secondary N) is 2. The summed E-state index contributed by atoms with van der Waals surface area (Å²) >= 11 is 0. The molecule has 1 heterocycles. The highest BCUT2D eigenvalue weighted by molar-refractivity contribution is 14.0. The Balaban J connectivity index is 0.00000450. The number of guanidine groups is 1. The van der Waals surface area contributed by atoms with Crippen LogP contribution in [0.25, 0.3) is 0 Å². The first-order valence-corrected chi connectivity index (χ1v) is 10.9. The van der Waals surface area contributed by atoms with E-state index >= 15 is 0 Å². The van der Waals surface area contributed by atoms with E-state index in [0.717, 1.165) is 50.8 Å². The van der Waals surface area contributed by atoms with Crippen molar-refractivity contribution < 1.29 is 4.39 Å². The quantitative estimate of drug-likeness (QED) is 0.305. The van der Waals surface area contributed by atoms with Crippen molar-refractivity contribution in [1.29, 1.82) is 0 Å². The SMILES string of the molecule is CCNC(=NCC(C)(C)c1cccc(F)c1)NCC(C(C)C)N1CCN(C)CC1.I. The molecule has 1 aromatic rings. The standard InChI is InChI=1S/C23H40FN5.HI/c1-7-25-22(27-17-23(4,5)19-9-8-10-20(24)15-19)26-16-21(18(2)3)29-13-11-28(6)12-14-29;/h8-10,15,18,21H,7,11-14,16-17H2,1-6H3,(H2,25,26,27);1H. The van der Waals surface area contributed by atoms with Crippen molar-refractivity contribution in [1.82, 2.24) is 20.4 Å². The van der Waals surface area contributed by atoms with Crippen LogP contribution in [-0.4, -0.2) is 74.7 Å². The van der Waals surface area contributed by atoms with Gasteiger partial charge in [-0.2, -0.15) is 0 Å². The Bertz CT molecular complexity index is 657. The minimum Gasteiger partial charge on any atom is -0.357 e. The van der Waals surface area contributed by atoms with Crippen LogP contribution in [0.3, 0.4) is 0 Å². The molecule has 172 valence electrons. The molecule has 7 heteroatoms. The number of rotatable bonds is 8. The van der Waals surface area contributed by atoms with Crippen LogP contribution >= 0.6 is 24.0 Å². The topological polar surface area (TPSA) is 42.9 Å². The fourth-order valence-corrected chi connectivity index (χ4v) is 3.76. The van der Waals surface area contributed by atoms with E-state index in [1.165, 1.54) is 6.07 Å². The highest BCUT2D eigenvalue weighted by Crippen LogP contribution is 2.24. The molecular formula is C23H41FIN5. The van der Waals surface area contributed by atoms with Crippen LogP contribution in [-0.2, 0) is 5.41 Å². The number of halogens is 2. The van der Waals surface area contributed by atoms with E-state index in [-0.39, 0.29) is 35.2 Å². The molecule has 1 aliphatic heterocycles. The van der Waals surface area contributed by atoms with Crippen molar-refractivity contribution in [2.75, 3.05) is 52.9 Å². The van der Waals surface area contributed by atoms with Crippen LogP contribution < -0.4 is 10.6 Å². The molecule has 0 radical (unpaired) electrons. The minimum atomic E-state index is -0.237. The monoisotopic (exact) mass is 533 g/mol. The lowest BCUT2D eigenvalue weighted by atomic mass is 9.85. The Labute approximate surface area is 199 Å². The van der Waals surface area contributed by atoms with Gasteiger partial charge in [0.2, 0.25) is 0 Å². The van der Waals surface area contributed by atoms with Gasteiger partial charge in [-0.15, -0.1) is 24.0 Å². The summed E-state index contributed by atoms with van der Waals surface area (Å²) in [6, 6.07) is 7.31. The van der Waals surface area contributed by atoms with Gasteiger partial charge in [0.25, 0.3) is 0 Å². The van der Waals surface area contributed by atoms with Gasteiger partial charge < -0.3 is 15.5 Å². The van der Waals surface area contributed by atoms with Crippen LogP contribution in [0.2, 0.25) is 0 Å². The molecule has 30 heavy (non-hydrogen) atoms. The summed E-state index contributed by atoms with van der Waals surface area (Å²) in [5, 5.41) is 6.92. The number of hydrogen-bond acceptors (Lipinski definition) is 3. The van der Waals surface area contributed by atoms with E-state index in [4.69, 9.17) is 4.99 Å². The number of likely N-dealkylation sites (N-methyl/N-ethyl adjacent to an activating group) is 1. The van der Waals surface area contributed by atoms with Gasteiger partial charge >= 0.3 is 0 Å². The second-order valence-electron chi connectivity index (χ2n) is 9.12. The molecule has 1 fully saturated rings. The predicted octanol–water partition coefficient (Wildman–Crippen LogP) is 3.55. The fourth-order valence-electron chi connectivity index (χ4n) is 3.76. The first-order chi connectivity index (χ1) is 13.7. The predicted molar refractivity (Wildman–Crippen MR) is 137 cm³/mol. The number of piperazine rings is 1. The summed E-state index contributed by atoms with van der Waals surface area (Å²) in [6.07, 6.45) is 0. The summed E-state index contributed by atoms with van der Waals surface area (Å²) in [5.41, 5.74) is 0.730. The van der Waals surface area contributed by atoms with E-state index in [2.05, 4.69) is 62.1 Å². The van der Waals surface area contributed by atoms with Crippen molar-refractivity contribution in [2.24, 2.45) is 10.9 Å². The van der Waals surface area contributed by atoms with Crippen molar-refractivity contribution in [3.63, 3.8) is 0 Å². The molecule has 0 saturated carbocycles. The molecule has 2 N–H and O–H groups in total. The lowest BCUT2D eigenvalue weighted by Gasteiger charge is -2.40. The van der Waals surface area contributed by atoms with E-state index < -0.39 is 0 Å². The number of hydrogen-bond donors (Lipinski definition) is 2. The maximum Gasteiger partial charge on any atom is 0.191 e. The molecule has 1 saturated heterocycles. The molecule has 1 unspecified atom stereocenters. The molecule has 0 spiro atoms. The van der Waals surface area contributed by atoms with Gasteiger partial charge in [0.1, 0.15) is 5.82 Å². The Morgan fingerprint density at radius 1 is 1.17 bits per heavy atom. The zero-order chi connectivity index (χ0) is 21.4. The zero-order valence-corrected chi connectivity index (χ0v) is 21.9. The van der Waals surface area contributed by atoms with Gasteiger partial charge in [0.05, 0.1) is 6.54 Å². The minimum absolute atomic E-state index is 0. The molecular weight excluding hydrogens is 492 g/mol. The molecule has 0 aromatic heterocycles. The Kier molecular flexibility index (Phi) is 11.6. The molecule has 2 rings (SSSR count). The number of aliphatic imine (C=N–C) groups is 1. The molecule has 1 aliphatic rings. The second kappa shape index (κ2) is 12.8. The lowest BCUT2D eigenvalue weighted by Crippen LogP contribution is -2.55. The van der Waals surface area contributed by atoms with Gasteiger partial charge in [-0.05, 0) is 37.6 Å². The van der Waals surface area contributed by atoms with E-state index in [0.29, 0.717) is 18.5 Å². The van der Waals surface area contributed by atoms with Crippen molar-refractivity contribution in [3.05, 3.63) is 35.6 Å². The molecule has 5 nitrogen and oxygen atoms in total. The third-order valence-corrected chi connectivity index (χ3v) is 5.84. The van der Waals surface area contributed by atoms with Gasteiger partial charge in [-0.1, -0.05) is 39.8 Å². The average molecular weight is 534 g/mol. The maximum atomic E-state index is 13.6. The summed E-state index contributed by atoms with van der Waals surface area (Å²) in [7, 11) is 2.19. The lowest BCUT2D eigenvalue weighted by molar-refractivity contribution is 0.0900. The molecule has 1 aromatic carbocycles. The van der Waals surface area contributed by atoms with E-state index in [1.54, 1.807) is 12.1 Å². The second-order valence-corrected chi connectivity index (χ2v) is 9.12. The molecule has 0 amide bonds. The number of benzene rings is 1. The van der Waals surface area contributed by atoms with Gasteiger partial charge in [-0.25, -0.2) is 4.39 Å². The van der Waals surface area contributed by atoms with Crippen LogP contribution in [0.1, 0.15) is 40.2 Å². The van der Waals surface area contributed by atoms with Crippen LogP contribution in [0, 0.1) is 11.7 Å². The maximum absolute atomic E-state index is 13.6. The number of nitrogens with zero attached hydrogens (tertiary/aromatic N) is 3. The third-order valence-electron chi connectivity index (χ3n) is 5.84. The summed E-state index contributed by atoms with van der Waals surface area (Å²) in [6.45, 7) is 17.6. The van der Waals surface area contributed by atoms with Gasteiger partial charge in [-0.3, -0.25) is 9.89 Å². The highest BCUT2D eigenvalue weighted by Gasteiger charge is 2.25. The van der Waals surface area contributed by atoms with Crippen molar-refractivity contribution in [3.8, 4) is 0 Å². The molecule has 0 bridgehead atoms. The van der Waals surface area contributed by atoms with Crippen LogP contribution in [0.15, 0.2) is 29.3 Å². The Morgan fingerprint density at radius 2 is 1.83 bits per heavy atom. The van der Waals surface area contributed by atoms with Gasteiger partial charge in [0.15, 0.2) is 5.96 Å². The summed E-state index contributed by atoms with van der Waals surface area (Å²) in [4.78, 5) is 9.81. The zero-order valence-electron chi connectivity index (χ0n) is 19.5. The Morgan fingerprint density at radius 3 is 2.40 bits per heavy atom. The van der Waals surface area contributed by atoms with Crippen molar-refractivity contribution in [2.45, 2.75) is 46.1 Å². The first kappa shape index (κ1) is 27.1. The van der Waals surface area contributed by atoms with E-state index in [1.807, 2.05) is 6.07 Å². The van der Waals surface area contributed by atoms with Gasteiger partial charge in [0, 0.05) is 50.7 Å².